The Hall–Kier alpha value is -2.47. The van der Waals surface area contributed by atoms with Crippen molar-refractivity contribution in [1.29, 1.82) is 0 Å². The zero-order chi connectivity index (χ0) is 16.8. The summed E-state index contributed by atoms with van der Waals surface area (Å²) in [5.74, 6) is -0.730. The number of anilines is 1. The van der Waals surface area contributed by atoms with Crippen molar-refractivity contribution < 1.29 is 9.18 Å². The Morgan fingerprint density at radius 1 is 1.04 bits per heavy atom. The standard InChI is InChI=1S/C17H18FN3OS/c1-11(2)12-7-9-13(10-8-12)19-17(23)21-20-16(22)14-5-3-4-6-15(14)18/h3-11H,1-2H3,(H,20,22)(H2,19,21,23). The molecule has 0 bridgehead atoms. The smallest absolute Gasteiger partial charge is 0.272 e. The molecule has 2 rings (SSSR count). The zero-order valence-electron chi connectivity index (χ0n) is 12.9. The van der Waals surface area contributed by atoms with E-state index in [0.29, 0.717) is 5.92 Å². The molecule has 2 aromatic rings. The van der Waals surface area contributed by atoms with Crippen LogP contribution in [0.5, 0.6) is 0 Å². The Bertz CT molecular complexity index is 701. The molecule has 4 nitrogen and oxygen atoms in total. The van der Waals surface area contributed by atoms with E-state index in [1.165, 1.54) is 23.8 Å². The molecule has 0 fully saturated rings. The number of rotatable bonds is 3. The number of carbonyl (C=O) groups is 1. The van der Waals surface area contributed by atoms with Crippen LogP contribution in [0.25, 0.3) is 0 Å². The third-order valence-corrected chi connectivity index (χ3v) is 3.45. The second kappa shape index (κ2) is 7.69. The van der Waals surface area contributed by atoms with Crippen molar-refractivity contribution >= 4 is 28.9 Å². The maximum atomic E-state index is 13.5. The van der Waals surface area contributed by atoms with Crippen molar-refractivity contribution in [2.24, 2.45) is 0 Å². The number of thiocarbonyl (C=S) groups is 1. The number of amides is 1. The van der Waals surface area contributed by atoms with Gasteiger partial charge in [0.05, 0.1) is 5.56 Å². The van der Waals surface area contributed by atoms with Crippen molar-refractivity contribution in [2.45, 2.75) is 19.8 Å². The van der Waals surface area contributed by atoms with Crippen LogP contribution >= 0.6 is 12.2 Å². The van der Waals surface area contributed by atoms with Crippen LogP contribution in [0.4, 0.5) is 10.1 Å². The van der Waals surface area contributed by atoms with Crippen molar-refractivity contribution in [1.82, 2.24) is 10.9 Å². The van der Waals surface area contributed by atoms with E-state index in [4.69, 9.17) is 12.2 Å². The molecule has 0 aromatic heterocycles. The monoisotopic (exact) mass is 331 g/mol. The average molecular weight is 331 g/mol. The fraction of sp³-hybridized carbons (Fsp3) is 0.176. The van der Waals surface area contributed by atoms with Crippen LogP contribution in [0.15, 0.2) is 48.5 Å². The number of benzene rings is 2. The summed E-state index contributed by atoms with van der Waals surface area (Å²) >= 11 is 5.09. The van der Waals surface area contributed by atoms with Gasteiger partial charge < -0.3 is 5.32 Å². The zero-order valence-corrected chi connectivity index (χ0v) is 13.7. The molecule has 0 heterocycles. The second-order valence-corrected chi connectivity index (χ2v) is 5.70. The van der Waals surface area contributed by atoms with Crippen LogP contribution in [-0.2, 0) is 0 Å². The Labute approximate surface area is 140 Å². The highest BCUT2D eigenvalue weighted by molar-refractivity contribution is 7.80. The first-order valence-corrected chi connectivity index (χ1v) is 7.60. The fourth-order valence-electron chi connectivity index (χ4n) is 1.94. The van der Waals surface area contributed by atoms with E-state index in [9.17, 15) is 9.18 Å². The minimum Gasteiger partial charge on any atom is -0.331 e. The van der Waals surface area contributed by atoms with Gasteiger partial charge in [0.2, 0.25) is 0 Å². The first-order valence-electron chi connectivity index (χ1n) is 7.19. The molecule has 3 N–H and O–H groups in total. The molecule has 0 saturated carbocycles. The van der Waals surface area contributed by atoms with Gasteiger partial charge in [-0.2, -0.15) is 0 Å². The van der Waals surface area contributed by atoms with Gasteiger partial charge in [0.25, 0.3) is 5.91 Å². The lowest BCUT2D eigenvalue weighted by Gasteiger charge is -2.13. The predicted molar refractivity (Wildman–Crippen MR) is 93.8 cm³/mol. The van der Waals surface area contributed by atoms with Crippen molar-refractivity contribution in [2.75, 3.05) is 5.32 Å². The highest BCUT2D eigenvalue weighted by atomic mass is 32.1. The van der Waals surface area contributed by atoms with E-state index in [0.717, 1.165) is 5.69 Å². The topological polar surface area (TPSA) is 53.2 Å². The summed E-state index contributed by atoms with van der Waals surface area (Å²) in [6.45, 7) is 4.24. The highest BCUT2D eigenvalue weighted by Gasteiger charge is 2.10. The summed E-state index contributed by atoms with van der Waals surface area (Å²) in [4.78, 5) is 11.8. The molecular weight excluding hydrogens is 313 g/mol. The predicted octanol–water partition coefficient (Wildman–Crippen LogP) is 3.58. The largest absolute Gasteiger partial charge is 0.331 e. The molecular formula is C17H18FN3OS. The molecule has 0 aliphatic heterocycles. The van der Waals surface area contributed by atoms with Gasteiger partial charge in [0.15, 0.2) is 5.11 Å². The first-order chi connectivity index (χ1) is 11.0. The molecule has 0 aliphatic rings. The summed E-state index contributed by atoms with van der Waals surface area (Å²) in [6, 6.07) is 13.6. The molecule has 0 spiro atoms. The van der Waals surface area contributed by atoms with Gasteiger partial charge >= 0.3 is 0 Å². The number of hydrazine groups is 1. The van der Waals surface area contributed by atoms with Crippen molar-refractivity contribution in [3.63, 3.8) is 0 Å². The van der Waals surface area contributed by atoms with E-state index < -0.39 is 11.7 Å². The molecule has 2 aromatic carbocycles. The number of nitrogens with one attached hydrogen (secondary N) is 3. The van der Waals surface area contributed by atoms with Gasteiger partial charge in [-0.05, 0) is 48.0 Å². The summed E-state index contributed by atoms with van der Waals surface area (Å²) in [7, 11) is 0. The second-order valence-electron chi connectivity index (χ2n) is 5.29. The molecule has 23 heavy (non-hydrogen) atoms. The van der Waals surface area contributed by atoms with E-state index >= 15 is 0 Å². The third kappa shape index (κ3) is 4.75. The molecule has 120 valence electrons. The molecule has 0 radical (unpaired) electrons. The van der Waals surface area contributed by atoms with Crippen LogP contribution < -0.4 is 16.2 Å². The first kappa shape index (κ1) is 16.9. The minimum atomic E-state index is -0.595. The lowest BCUT2D eigenvalue weighted by atomic mass is 10.0. The molecule has 0 unspecified atom stereocenters. The molecule has 1 amide bonds. The van der Waals surface area contributed by atoms with Crippen LogP contribution in [0, 0.1) is 5.82 Å². The van der Waals surface area contributed by atoms with Crippen LogP contribution in [0.3, 0.4) is 0 Å². The number of carbonyl (C=O) groups excluding carboxylic acids is 1. The van der Waals surface area contributed by atoms with Gasteiger partial charge in [0.1, 0.15) is 5.82 Å². The molecule has 0 saturated heterocycles. The van der Waals surface area contributed by atoms with E-state index in [1.807, 2.05) is 24.3 Å². The number of hydrogen-bond donors (Lipinski definition) is 3. The van der Waals surface area contributed by atoms with Crippen LogP contribution in [0.1, 0.15) is 35.7 Å². The van der Waals surface area contributed by atoms with E-state index in [2.05, 4.69) is 30.0 Å². The Balaban J connectivity index is 1.88. The van der Waals surface area contributed by atoms with Crippen LogP contribution in [-0.4, -0.2) is 11.0 Å². The van der Waals surface area contributed by atoms with Crippen molar-refractivity contribution in [3.05, 3.63) is 65.5 Å². The lowest BCUT2D eigenvalue weighted by Crippen LogP contribution is -2.44. The average Bonchev–Trinajstić information content (AvgIpc) is 2.53. The molecule has 6 heteroatoms. The molecule has 0 atom stereocenters. The SMILES string of the molecule is CC(C)c1ccc(NC(=S)NNC(=O)c2ccccc2F)cc1. The number of hydrogen-bond acceptors (Lipinski definition) is 2. The highest BCUT2D eigenvalue weighted by Crippen LogP contribution is 2.16. The maximum Gasteiger partial charge on any atom is 0.272 e. The Kier molecular flexibility index (Phi) is 5.65. The van der Waals surface area contributed by atoms with Gasteiger partial charge in [-0.25, -0.2) is 4.39 Å². The summed E-state index contributed by atoms with van der Waals surface area (Å²) in [5.41, 5.74) is 6.88. The van der Waals surface area contributed by atoms with Crippen LogP contribution in [0.2, 0.25) is 0 Å². The quantitative estimate of drug-likeness (QED) is 0.594. The van der Waals surface area contributed by atoms with Gasteiger partial charge in [-0.15, -0.1) is 0 Å². The van der Waals surface area contributed by atoms with Gasteiger partial charge in [0, 0.05) is 5.69 Å². The van der Waals surface area contributed by atoms with Gasteiger partial charge in [-0.3, -0.25) is 15.6 Å². The fourth-order valence-corrected chi connectivity index (χ4v) is 2.11. The lowest BCUT2D eigenvalue weighted by molar-refractivity contribution is 0.0940. The third-order valence-electron chi connectivity index (χ3n) is 3.24. The maximum absolute atomic E-state index is 13.5. The summed E-state index contributed by atoms with van der Waals surface area (Å²) < 4.78 is 13.5. The summed E-state index contributed by atoms with van der Waals surface area (Å²) in [6.07, 6.45) is 0. The Morgan fingerprint density at radius 3 is 2.30 bits per heavy atom. The van der Waals surface area contributed by atoms with Crippen molar-refractivity contribution in [3.8, 4) is 0 Å². The number of halogens is 1. The Morgan fingerprint density at radius 2 is 1.70 bits per heavy atom. The summed E-state index contributed by atoms with van der Waals surface area (Å²) in [5, 5.41) is 3.16. The van der Waals surface area contributed by atoms with E-state index in [-0.39, 0.29) is 10.7 Å². The minimum absolute atomic E-state index is 0.0518. The normalized spacial score (nSPS) is 10.3. The van der Waals surface area contributed by atoms with E-state index in [1.54, 1.807) is 6.07 Å². The van der Waals surface area contributed by atoms with Gasteiger partial charge in [-0.1, -0.05) is 38.1 Å². The molecule has 0 aliphatic carbocycles.